The summed E-state index contributed by atoms with van der Waals surface area (Å²) < 4.78 is 5.39. The molecule has 0 aromatic carbocycles. The van der Waals surface area contributed by atoms with E-state index in [1.807, 2.05) is 48.4 Å². The molecule has 1 fully saturated rings. The van der Waals surface area contributed by atoms with Gasteiger partial charge in [-0.3, -0.25) is 14.7 Å². The topological polar surface area (TPSA) is 62.5 Å². The van der Waals surface area contributed by atoms with Gasteiger partial charge in [0.25, 0.3) is 5.91 Å². The minimum absolute atomic E-state index is 0.00837. The number of furan rings is 1. The molecule has 3 aromatic rings. The van der Waals surface area contributed by atoms with E-state index in [9.17, 15) is 4.79 Å². The molecule has 4 heterocycles. The number of hydrogen-bond donors (Lipinski definition) is 0. The van der Waals surface area contributed by atoms with Crippen LogP contribution in [0.15, 0.2) is 47.2 Å². The minimum Gasteiger partial charge on any atom is -0.462 e. The first kappa shape index (κ1) is 16.9. The number of piperazine rings is 1. The molecule has 0 unspecified atom stereocenters. The van der Waals surface area contributed by atoms with Crippen molar-refractivity contribution in [2.24, 2.45) is 0 Å². The van der Waals surface area contributed by atoms with E-state index in [1.165, 1.54) is 11.3 Å². The van der Waals surface area contributed by atoms with Gasteiger partial charge < -0.3 is 9.32 Å². The molecule has 0 radical (unpaired) electrons. The van der Waals surface area contributed by atoms with Gasteiger partial charge in [0.1, 0.15) is 5.69 Å². The maximum Gasteiger partial charge on any atom is 0.273 e. The van der Waals surface area contributed by atoms with Crippen molar-refractivity contribution in [2.75, 3.05) is 26.2 Å². The number of nitrogens with zero attached hydrogens (tertiary/aromatic N) is 4. The van der Waals surface area contributed by atoms with Crippen LogP contribution in [0, 0.1) is 6.92 Å². The van der Waals surface area contributed by atoms with Gasteiger partial charge in [-0.15, -0.1) is 11.3 Å². The van der Waals surface area contributed by atoms with Crippen LogP contribution in [0.5, 0.6) is 0 Å². The predicted octanol–water partition coefficient (Wildman–Crippen LogP) is 3.06. The lowest BCUT2D eigenvalue weighted by atomic mass is 10.2. The lowest BCUT2D eigenvalue weighted by molar-refractivity contribution is 0.0621. The molecule has 1 aliphatic heterocycles. The third-order valence-electron chi connectivity index (χ3n) is 4.50. The Balaban J connectivity index is 1.39. The molecule has 134 valence electrons. The molecule has 3 aromatic heterocycles. The van der Waals surface area contributed by atoms with E-state index >= 15 is 0 Å². The van der Waals surface area contributed by atoms with Gasteiger partial charge in [-0.1, -0.05) is 6.07 Å². The van der Waals surface area contributed by atoms with Crippen molar-refractivity contribution >= 4 is 17.2 Å². The van der Waals surface area contributed by atoms with Crippen LogP contribution in [0.25, 0.3) is 10.8 Å². The minimum atomic E-state index is 0.00837. The molecule has 0 aliphatic carbocycles. The molecule has 1 amide bonds. The van der Waals surface area contributed by atoms with Gasteiger partial charge >= 0.3 is 0 Å². The Morgan fingerprint density at radius 2 is 2.04 bits per heavy atom. The second kappa shape index (κ2) is 7.39. The Kier molecular flexibility index (Phi) is 4.81. The Labute approximate surface area is 156 Å². The Morgan fingerprint density at radius 3 is 2.73 bits per heavy atom. The molecule has 26 heavy (non-hydrogen) atoms. The van der Waals surface area contributed by atoms with E-state index in [2.05, 4.69) is 14.9 Å². The van der Waals surface area contributed by atoms with Crippen LogP contribution in [0.4, 0.5) is 0 Å². The Morgan fingerprint density at radius 1 is 1.19 bits per heavy atom. The smallest absolute Gasteiger partial charge is 0.273 e. The van der Waals surface area contributed by atoms with Crippen molar-refractivity contribution in [3.05, 3.63) is 59.1 Å². The fourth-order valence-electron chi connectivity index (χ4n) is 3.08. The van der Waals surface area contributed by atoms with Crippen LogP contribution in [-0.4, -0.2) is 51.9 Å². The number of amides is 1. The van der Waals surface area contributed by atoms with E-state index in [4.69, 9.17) is 4.42 Å². The lowest BCUT2D eigenvalue weighted by Gasteiger charge is -2.34. The summed E-state index contributed by atoms with van der Waals surface area (Å²) in [6, 6.07) is 9.65. The number of hydrogen-bond acceptors (Lipinski definition) is 6. The van der Waals surface area contributed by atoms with Crippen molar-refractivity contribution in [1.29, 1.82) is 0 Å². The summed E-state index contributed by atoms with van der Waals surface area (Å²) in [5.41, 5.74) is 1.60. The van der Waals surface area contributed by atoms with Gasteiger partial charge in [-0.25, -0.2) is 4.98 Å². The maximum absolute atomic E-state index is 12.9. The van der Waals surface area contributed by atoms with E-state index in [0.29, 0.717) is 24.5 Å². The number of rotatable bonds is 4. The summed E-state index contributed by atoms with van der Waals surface area (Å²) >= 11 is 1.50. The van der Waals surface area contributed by atoms with Crippen molar-refractivity contribution in [2.45, 2.75) is 13.5 Å². The van der Waals surface area contributed by atoms with Crippen molar-refractivity contribution in [3.8, 4) is 10.8 Å². The fraction of sp³-hybridized carbons (Fsp3) is 0.316. The second-order valence-electron chi connectivity index (χ2n) is 6.29. The molecule has 1 aliphatic rings. The summed E-state index contributed by atoms with van der Waals surface area (Å²) in [6.45, 7) is 5.86. The van der Waals surface area contributed by atoms with Gasteiger partial charge in [0.05, 0.1) is 12.0 Å². The number of carbonyl (C=O) groups excluding carboxylic acids is 1. The summed E-state index contributed by atoms with van der Waals surface area (Å²) in [7, 11) is 0. The fourth-order valence-corrected chi connectivity index (χ4v) is 3.95. The van der Waals surface area contributed by atoms with Crippen LogP contribution in [0.3, 0.4) is 0 Å². The predicted molar refractivity (Wildman–Crippen MR) is 100.0 cm³/mol. The standard InChI is InChI=1S/C19H20N4O2S/c1-14-17(21-18(26-14)16-6-4-12-25-16)19(24)23-10-8-22(9-11-23)13-15-5-2-3-7-20-15/h2-7,12H,8-11,13H2,1H3. The Bertz CT molecular complexity index is 868. The number of carbonyl (C=O) groups is 1. The molecule has 7 heteroatoms. The molecule has 4 rings (SSSR count). The van der Waals surface area contributed by atoms with Gasteiger partial charge in [-0.2, -0.15) is 0 Å². The summed E-state index contributed by atoms with van der Waals surface area (Å²) in [5, 5.41) is 0.754. The summed E-state index contributed by atoms with van der Waals surface area (Å²) in [6.07, 6.45) is 3.44. The zero-order chi connectivity index (χ0) is 17.9. The summed E-state index contributed by atoms with van der Waals surface area (Å²) in [4.78, 5) is 26.9. The van der Waals surface area contributed by atoms with Crippen LogP contribution < -0.4 is 0 Å². The highest BCUT2D eigenvalue weighted by Crippen LogP contribution is 2.28. The SMILES string of the molecule is Cc1sc(-c2ccco2)nc1C(=O)N1CCN(Cc2ccccn2)CC1. The normalized spacial score (nSPS) is 15.3. The first-order chi connectivity index (χ1) is 12.7. The highest BCUT2D eigenvalue weighted by molar-refractivity contribution is 7.15. The number of thiazole rings is 1. The molecule has 1 saturated heterocycles. The number of pyridine rings is 1. The maximum atomic E-state index is 12.9. The monoisotopic (exact) mass is 368 g/mol. The largest absolute Gasteiger partial charge is 0.462 e. The first-order valence-corrected chi connectivity index (χ1v) is 9.45. The van der Waals surface area contributed by atoms with Gasteiger partial charge in [-0.05, 0) is 31.2 Å². The van der Waals surface area contributed by atoms with Gasteiger partial charge in [0, 0.05) is 43.8 Å². The number of aryl methyl sites for hydroxylation is 1. The lowest BCUT2D eigenvalue weighted by Crippen LogP contribution is -2.48. The molecule has 0 N–H and O–H groups in total. The molecule has 0 bridgehead atoms. The van der Waals surface area contributed by atoms with Gasteiger partial charge in [0.2, 0.25) is 0 Å². The average molecular weight is 368 g/mol. The van der Waals surface area contributed by atoms with Crippen molar-refractivity contribution in [1.82, 2.24) is 19.8 Å². The quantitative estimate of drug-likeness (QED) is 0.708. The van der Waals surface area contributed by atoms with Crippen LogP contribution in [0.2, 0.25) is 0 Å². The van der Waals surface area contributed by atoms with E-state index in [1.54, 1.807) is 6.26 Å². The van der Waals surface area contributed by atoms with Crippen molar-refractivity contribution in [3.63, 3.8) is 0 Å². The van der Waals surface area contributed by atoms with Crippen LogP contribution in [-0.2, 0) is 6.54 Å². The second-order valence-corrected chi connectivity index (χ2v) is 7.49. The van der Waals surface area contributed by atoms with E-state index in [-0.39, 0.29) is 5.91 Å². The average Bonchev–Trinajstić information content (AvgIpc) is 3.32. The van der Waals surface area contributed by atoms with E-state index in [0.717, 1.165) is 35.2 Å². The molecule has 0 atom stereocenters. The molecule has 0 spiro atoms. The highest BCUT2D eigenvalue weighted by Gasteiger charge is 2.26. The third-order valence-corrected chi connectivity index (χ3v) is 5.49. The van der Waals surface area contributed by atoms with Crippen molar-refractivity contribution < 1.29 is 9.21 Å². The van der Waals surface area contributed by atoms with Crippen LogP contribution in [0.1, 0.15) is 21.1 Å². The van der Waals surface area contributed by atoms with Gasteiger partial charge in [0.15, 0.2) is 10.8 Å². The number of aromatic nitrogens is 2. The highest BCUT2D eigenvalue weighted by atomic mass is 32.1. The third kappa shape index (κ3) is 3.54. The van der Waals surface area contributed by atoms with Crippen LogP contribution >= 0.6 is 11.3 Å². The zero-order valence-corrected chi connectivity index (χ0v) is 15.4. The Hall–Kier alpha value is -2.51. The molecular formula is C19H20N4O2S. The molecular weight excluding hydrogens is 348 g/mol. The zero-order valence-electron chi connectivity index (χ0n) is 14.6. The molecule has 0 saturated carbocycles. The first-order valence-electron chi connectivity index (χ1n) is 8.63. The summed E-state index contributed by atoms with van der Waals surface area (Å²) in [5.74, 6) is 0.714. The van der Waals surface area contributed by atoms with E-state index < -0.39 is 0 Å². The molecule has 6 nitrogen and oxygen atoms in total.